The zero-order valence-electron chi connectivity index (χ0n) is 13.4. The summed E-state index contributed by atoms with van der Waals surface area (Å²) in [6.07, 6.45) is 2.34. The third kappa shape index (κ3) is 3.52. The van der Waals surface area contributed by atoms with Gasteiger partial charge in [0.1, 0.15) is 17.6 Å². The summed E-state index contributed by atoms with van der Waals surface area (Å²) in [4.78, 5) is 25.3. The molecule has 2 amide bonds. The number of cyclic esters (lactones) is 1. The van der Waals surface area contributed by atoms with Crippen molar-refractivity contribution in [2.45, 2.75) is 19.4 Å². The molecule has 1 aliphatic heterocycles. The van der Waals surface area contributed by atoms with Crippen LogP contribution < -0.4 is 14.9 Å². The van der Waals surface area contributed by atoms with Gasteiger partial charge in [-0.25, -0.2) is 9.18 Å². The minimum atomic E-state index is -0.770. The predicted molar refractivity (Wildman–Crippen MR) is 87.7 cm³/mol. The highest BCUT2D eigenvalue weighted by atomic mass is 19.1. The molecule has 1 aliphatic rings. The standard InChI is InChI=1S/C17H16FN3O4/c1-2-13-10-21(17(23)25-13)12-5-6-14(15(18)8-12)16(22)19-11-4-3-7-20(24)9-11/h3-9,13H,2,10H2,1H3,(H,19,22). The molecule has 0 spiro atoms. The molecule has 0 radical (unpaired) electrons. The third-order valence-corrected chi connectivity index (χ3v) is 3.87. The van der Waals surface area contributed by atoms with Crippen molar-refractivity contribution in [3.63, 3.8) is 0 Å². The van der Waals surface area contributed by atoms with Gasteiger partial charge in [0, 0.05) is 6.07 Å². The Hall–Kier alpha value is -3.16. The first-order valence-electron chi connectivity index (χ1n) is 7.76. The zero-order valence-corrected chi connectivity index (χ0v) is 13.4. The van der Waals surface area contributed by atoms with Gasteiger partial charge in [-0.3, -0.25) is 9.69 Å². The lowest BCUT2D eigenvalue weighted by molar-refractivity contribution is -0.604. The van der Waals surface area contributed by atoms with Crippen LogP contribution in [0.4, 0.5) is 20.6 Å². The van der Waals surface area contributed by atoms with Gasteiger partial charge in [-0.2, -0.15) is 4.73 Å². The second kappa shape index (κ2) is 6.76. The van der Waals surface area contributed by atoms with Gasteiger partial charge in [0.15, 0.2) is 6.20 Å². The van der Waals surface area contributed by atoms with E-state index in [1.807, 2.05) is 6.92 Å². The summed E-state index contributed by atoms with van der Waals surface area (Å²) < 4.78 is 20.0. The molecule has 1 aromatic heterocycles. The van der Waals surface area contributed by atoms with E-state index in [-0.39, 0.29) is 17.4 Å². The van der Waals surface area contributed by atoms with Gasteiger partial charge in [-0.1, -0.05) is 6.92 Å². The van der Waals surface area contributed by atoms with Gasteiger partial charge in [-0.05, 0) is 30.7 Å². The molecular weight excluding hydrogens is 329 g/mol. The lowest BCUT2D eigenvalue weighted by Crippen LogP contribution is -2.26. The number of ether oxygens (including phenoxy) is 1. The maximum Gasteiger partial charge on any atom is 0.414 e. The van der Waals surface area contributed by atoms with Crippen LogP contribution in [0.15, 0.2) is 42.7 Å². The van der Waals surface area contributed by atoms with E-state index in [4.69, 9.17) is 4.74 Å². The topological polar surface area (TPSA) is 85.6 Å². The molecule has 2 heterocycles. The molecule has 7 nitrogen and oxygen atoms in total. The smallest absolute Gasteiger partial charge is 0.414 e. The average molecular weight is 345 g/mol. The highest BCUT2D eigenvalue weighted by Crippen LogP contribution is 2.25. The first-order chi connectivity index (χ1) is 12.0. The van der Waals surface area contributed by atoms with Crippen LogP contribution >= 0.6 is 0 Å². The normalized spacial score (nSPS) is 16.6. The molecule has 0 aliphatic carbocycles. The molecule has 3 rings (SSSR count). The number of pyridine rings is 1. The minimum absolute atomic E-state index is 0.190. The maximum absolute atomic E-state index is 14.3. The quantitative estimate of drug-likeness (QED) is 0.681. The number of carbonyl (C=O) groups is 2. The number of hydrogen-bond donors (Lipinski definition) is 1. The van der Waals surface area contributed by atoms with Crippen molar-refractivity contribution < 1.29 is 23.4 Å². The number of nitrogens with zero attached hydrogens (tertiary/aromatic N) is 2. The van der Waals surface area contributed by atoms with E-state index >= 15 is 0 Å². The van der Waals surface area contributed by atoms with Crippen molar-refractivity contribution in [3.8, 4) is 0 Å². The number of anilines is 2. The fourth-order valence-electron chi connectivity index (χ4n) is 2.53. The molecule has 1 aromatic carbocycles. The Morgan fingerprint density at radius 1 is 1.48 bits per heavy atom. The number of halogens is 1. The van der Waals surface area contributed by atoms with Crippen LogP contribution in [0.3, 0.4) is 0 Å². The number of hydrogen-bond acceptors (Lipinski definition) is 4. The van der Waals surface area contributed by atoms with Crippen molar-refractivity contribution in [2.24, 2.45) is 0 Å². The van der Waals surface area contributed by atoms with Gasteiger partial charge in [0.05, 0.1) is 17.8 Å². The molecule has 1 unspecified atom stereocenters. The van der Waals surface area contributed by atoms with E-state index < -0.39 is 17.8 Å². The second-order valence-corrected chi connectivity index (χ2v) is 5.60. The molecule has 0 bridgehead atoms. The molecule has 8 heteroatoms. The highest BCUT2D eigenvalue weighted by molar-refractivity contribution is 6.04. The number of carbonyl (C=O) groups excluding carboxylic acids is 2. The van der Waals surface area contributed by atoms with Gasteiger partial charge in [-0.15, -0.1) is 0 Å². The summed E-state index contributed by atoms with van der Waals surface area (Å²) in [5.41, 5.74) is 0.386. The van der Waals surface area contributed by atoms with Crippen LogP contribution in [0, 0.1) is 11.0 Å². The Morgan fingerprint density at radius 3 is 2.92 bits per heavy atom. The molecule has 1 saturated heterocycles. The fourth-order valence-corrected chi connectivity index (χ4v) is 2.53. The molecule has 2 aromatic rings. The molecule has 1 fully saturated rings. The molecule has 0 saturated carbocycles. The van der Waals surface area contributed by atoms with Crippen molar-refractivity contribution in [2.75, 3.05) is 16.8 Å². The predicted octanol–water partition coefficient (Wildman–Crippen LogP) is 2.45. The first kappa shape index (κ1) is 16.7. The summed E-state index contributed by atoms with van der Waals surface area (Å²) in [6.45, 7) is 2.23. The second-order valence-electron chi connectivity index (χ2n) is 5.60. The van der Waals surface area contributed by atoms with Gasteiger partial charge in [0.25, 0.3) is 5.91 Å². The Morgan fingerprint density at radius 2 is 2.28 bits per heavy atom. The fraction of sp³-hybridized carbons (Fsp3) is 0.235. The van der Waals surface area contributed by atoms with Crippen molar-refractivity contribution in [3.05, 3.63) is 59.3 Å². The Balaban J connectivity index is 1.78. The van der Waals surface area contributed by atoms with Crippen LogP contribution in [0.5, 0.6) is 0 Å². The summed E-state index contributed by atoms with van der Waals surface area (Å²) in [7, 11) is 0. The Kier molecular flexibility index (Phi) is 4.51. The van der Waals surface area contributed by atoms with Crippen LogP contribution in [-0.2, 0) is 4.74 Å². The van der Waals surface area contributed by atoms with E-state index in [9.17, 15) is 19.2 Å². The van der Waals surface area contributed by atoms with Gasteiger partial charge < -0.3 is 15.3 Å². The van der Waals surface area contributed by atoms with E-state index in [1.54, 1.807) is 0 Å². The average Bonchev–Trinajstić information content (AvgIpc) is 2.95. The zero-order chi connectivity index (χ0) is 18.0. The summed E-state index contributed by atoms with van der Waals surface area (Å²) >= 11 is 0. The molecule has 1 atom stereocenters. The molecule has 1 N–H and O–H groups in total. The lowest BCUT2D eigenvalue weighted by atomic mass is 10.1. The summed E-state index contributed by atoms with van der Waals surface area (Å²) in [6, 6.07) is 6.87. The first-order valence-corrected chi connectivity index (χ1v) is 7.76. The van der Waals surface area contributed by atoms with E-state index in [2.05, 4.69) is 5.32 Å². The molecule has 130 valence electrons. The van der Waals surface area contributed by atoms with Crippen LogP contribution in [0.25, 0.3) is 0 Å². The number of rotatable bonds is 4. The van der Waals surface area contributed by atoms with E-state index in [0.717, 1.165) is 12.3 Å². The third-order valence-electron chi connectivity index (χ3n) is 3.87. The van der Waals surface area contributed by atoms with Gasteiger partial charge >= 0.3 is 6.09 Å². The Labute approximate surface area is 143 Å². The van der Waals surface area contributed by atoms with Crippen LogP contribution in [0.2, 0.25) is 0 Å². The summed E-state index contributed by atoms with van der Waals surface area (Å²) in [5.74, 6) is -1.46. The number of aromatic nitrogens is 1. The Bertz CT molecular complexity index is 827. The lowest BCUT2D eigenvalue weighted by Gasteiger charge is -2.14. The molecule has 25 heavy (non-hydrogen) atoms. The largest absolute Gasteiger partial charge is 0.619 e. The van der Waals surface area contributed by atoms with Crippen molar-refractivity contribution in [1.82, 2.24) is 0 Å². The van der Waals surface area contributed by atoms with Crippen LogP contribution in [-0.4, -0.2) is 24.6 Å². The van der Waals surface area contributed by atoms with Crippen molar-refractivity contribution >= 4 is 23.4 Å². The SMILES string of the molecule is CCC1CN(c2ccc(C(=O)Nc3ccc[n+]([O-])c3)c(F)c2)C(=O)O1. The number of amides is 2. The minimum Gasteiger partial charge on any atom is -0.619 e. The molecular formula is C17H16FN3O4. The number of benzene rings is 1. The van der Waals surface area contributed by atoms with E-state index in [0.29, 0.717) is 23.4 Å². The van der Waals surface area contributed by atoms with Crippen LogP contribution in [0.1, 0.15) is 23.7 Å². The van der Waals surface area contributed by atoms with Gasteiger partial charge in [0.2, 0.25) is 6.20 Å². The summed E-state index contributed by atoms with van der Waals surface area (Å²) in [5, 5.41) is 13.6. The number of nitrogens with one attached hydrogen (secondary N) is 1. The monoisotopic (exact) mass is 345 g/mol. The maximum atomic E-state index is 14.3. The highest BCUT2D eigenvalue weighted by Gasteiger charge is 2.31. The van der Waals surface area contributed by atoms with E-state index in [1.165, 1.54) is 35.4 Å². The van der Waals surface area contributed by atoms with Crippen molar-refractivity contribution in [1.29, 1.82) is 0 Å².